The summed E-state index contributed by atoms with van der Waals surface area (Å²) in [6.07, 6.45) is 4.22. The standard InChI is InChI=1S/C17H14N2O/c1-19-6-5-11-8-17-14(7-12(11)10-19)15-9-13(20-2)3-4-16(15)18-17/h3-10H,1-2H3/p+1. The Balaban J connectivity index is 2.15. The number of hydrogen-bond acceptors (Lipinski definition) is 1. The lowest BCUT2D eigenvalue weighted by Crippen LogP contribution is -2.25. The second-order valence-electron chi connectivity index (χ2n) is 5.17. The highest BCUT2D eigenvalue weighted by Crippen LogP contribution is 2.31. The van der Waals surface area contributed by atoms with Gasteiger partial charge in [0.05, 0.1) is 7.11 Å². The topological polar surface area (TPSA) is 28.9 Å². The fourth-order valence-electron chi connectivity index (χ4n) is 2.80. The van der Waals surface area contributed by atoms with E-state index in [4.69, 9.17) is 4.74 Å². The molecular formula is C17H15N2O+. The molecule has 0 atom stereocenters. The number of H-pyrrole nitrogens is 1. The molecule has 3 nitrogen and oxygen atoms in total. The lowest BCUT2D eigenvalue weighted by Gasteiger charge is -1.99. The molecule has 0 saturated heterocycles. The average molecular weight is 263 g/mol. The minimum Gasteiger partial charge on any atom is -0.497 e. The molecule has 2 heterocycles. The van der Waals surface area contributed by atoms with Crippen LogP contribution in [-0.2, 0) is 7.05 Å². The van der Waals surface area contributed by atoms with E-state index >= 15 is 0 Å². The number of aromatic amines is 1. The number of fused-ring (bicyclic) bond motifs is 4. The molecule has 0 aliphatic heterocycles. The first-order valence-electron chi connectivity index (χ1n) is 6.63. The molecule has 2 aromatic heterocycles. The molecule has 4 rings (SSSR count). The molecule has 98 valence electrons. The Morgan fingerprint density at radius 2 is 1.80 bits per heavy atom. The van der Waals surface area contributed by atoms with Gasteiger partial charge in [0.25, 0.3) is 0 Å². The van der Waals surface area contributed by atoms with E-state index in [0.29, 0.717) is 0 Å². The maximum Gasteiger partial charge on any atom is 0.176 e. The van der Waals surface area contributed by atoms with Crippen LogP contribution in [0.15, 0.2) is 48.8 Å². The second-order valence-corrected chi connectivity index (χ2v) is 5.17. The number of methoxy groups -OCH3 is 1. The molecule has 3 heteroatoms. The Bertz CT molecular complexity index is 953. The maximum atomic E-state index is 5.33. The van der Waals surface area contributed by atoms with Crippen molar-refractivity contribution in [3.8, 4) is 5.75 Å². The van der Waals surface area contributed by atoms with Crippen LogP contribution in [-0.4, -0.2) is 12.1 Å². The largest absolute Gasteiger partial charge is 0.497 e. The Kier molecular flexibility index (Phi) is 2.24. The van der Waals surface area contributed by atoms with Gasteiger partial charge in [0.2, 0.25) is 0 Å². The highest BCUT2D eigenvalue weighted by molar-refractivity contribution is 6.12. The first-order valence-corrected chi connectivity index (χ1v) is 6.63. The van der Waals surface area contributed by atoms with Crippen LogP contribution in [0.25, 0.3) is 32.6 Å². The first kappa shape index (κ1) is 11.3. The summed E-state index contributed by atoms with van der Waals surface area (Å²) in [5, 5.41) is 4.92. The van der Waals surface area contributed by atoms with Crippen molar-refractivity contribution in [2.45, 2.75) is 0 Å². The number of nitrogens with one attached hydrogen (secondary N) is 1. The van der Waals surface area contributed by atoms with E-state index in [9.17, 15) is 0 Å². The minimum absolute atomic E-state index is 0.886. The van der Waals surface area contributed by atoms with E-state index in [2.05, 4.69) is 52.3 Å². The molecular weight excluding hydrogens is 248 g/mol. The van der Waals surface area contributed by atoms with Gasteiger partial charge >= 0.3 is 0 Å². The second kappa shape index (κ2) is 3.97. The first-order chi connectivity index (χ1) is 9.74. The van der Waals surface area contributed by atoms with Crippen molar-refractivity contribution in [1.29, 1.82) is 0 Å². The Morgan fingerprint density at radius 3 is 2.65 bits per heavy atom. The fraction of sp³-hybridized carbons (Fsp3) is 0.118. The Labute approximate surface area is 116 Å². The van der Waals surface area contributed by atoms with E-state index in [1.807, 2.05) is 13.1 Å². The van der Waals surface area contributed by atoms with Crippen LogP contribution in [0.4, 0.5) is 0 Å². The predicted molar refractivity (Wildman–Crippen MR) is 81.0 cm³/mol. The van der Waals surface area contributed by atoms with Gasteiger partial charge in [-0.3, -0.25) is 0 Å². The maximum absolute atomic E-state index is 5.33. The average Bonchev–Trinajstić information content (AvgIpc) is 2.81. The lowest BCUT2D eigenvalue weighted by atomic mass is 10.1. The number of nitrogens with zero attached hydrogens (tertiary/aromatic N) is 1. The van der Waals surface area contributed by atoms with Crippen LogP contribution in [0.2, 0.25) is 0 Å². The molecule has 0 aliphatic carbocycles. The fourth-order valence-corrected chi connectivity index (χ4v) is 2.80. The van der Waals surface area contributed by atoms with Crippen molar-refractivity contribution in [2.24, 2.45) is 7.05 Å². The van der Waals surface area contributed by atoms with Gasteiger partial charge in [-0.05, 0) is 35.7 Å². The highest BCUT2D eigenvalue weighted by Gasteiger charge is 2.08. The van der Waals surface area contributed by atoms with Crippen molar-refractivity contribution >= 4 is 32.6 Å². The zero-order valence-corrected chi connectivity index (χ0v) is 11.5. The molecule has 2 aromatic carbocycles. The molecule has 0 saturated carbocycles. The number of hydrogen-bond donors (Lipinski definition) is 1. The van der Waals surface area contributed by atoms with Gasteiger partial charge in [-0.15, -0.1) is 0 Å². The number of pyridine rings is 1. The van der Waals surface area contributed by atoms with Crippen LogP contribution in [0, 0.1) is 0 Å². The van der Waals surface area contributed by atoms with Crippen molar-refractivity contribution in [2.75, 3.05) is 7.11 Å². The molecule has 1 N–H and O–H groups in total. The van der Waals surface area contributed by atoms with Crippen molar-refractivity contribution in [3.63, 3.8) is 0 Å². The molecule has 0 bridgehead atoms. The summed E-state index contributed by atoms with van der Waals surface area (Å²) in [7, 11) is 3.74. The van der Waals surface area contributed by atoms with Crippen LogP contribution < -0.4 is 9.30 Å². The van der Waals surface area contributed by atoms with E-state index in [1.54, 1.807) is 7.11 Å². The van der Waals surface area contributed by atoms with Crippen LogP contribution in [0.5, 0.6) is 5.75 Å². The normalized spacial score (nSPS) is 11.5. The van der Waals surface area contributed by atoms with Crippen molar-refractivity contribution < 1.29 is 9.30 Å². The lowest BCUT2D eigenvalue weighted by molar-refractivity contribution is -0.670. The molecule has 0 fully saturated rings. The molecule has 0 unspecified atom stereocenters. The summed E-state index contributed by atoms with van der Waals surface area (Å²) in [5.41, 5.74) is 2.30. The summed E-state index contributed by atoms with van der Waals surface area (Å²) in [6, 6.07) is 12.7. The summed E-state index contributed by atoms with van der Waals surface area (Å²) in [4.78, 5) is 3.47. The summed E-state index contributed by atoms with van der Waals surface area (Å²) in [6.45, 7) is 0. The SMILES string of the molecule is COc1ccc2[nH]c3cc4cc[n+](C)cc4cc3c2c1. The number of rotatable bonds is 1. The zero-order chi connectivity index (χ0) is 13.7. The summed E-state index contributed by atoms with van der Waals surface area (Å²) in [5.74, 6) is 0.886. The van der Waals surface area contributed by atoms with E-state index < -0.39 is 0 Å². The number of aryl methyl sites for hydroxylation is 1. The minimum atomic E-state index is 0.886. The smallest absolute Gasteiger partial charge is 0.176 e. The van der Waals surface area contributed by atoms with Gasteiger partial charge in [0.1, 0.15) is 12.8 Å². The molecule has 0 aliphatic rings. The summed E-state index contributed by atoms with van der Waals surface area (Å²) >= 11 is 0. The van der Waals surface area contributed by atoms with Crippen molar-refractivity contribution in [1.82, 2.24) is 4.98 Å². The van der Waals surface area contributed by atoms with Gasteiger partial charge in [0, 0.05) is 33.3 Å². The number of aromatic nitrogens is 2. The van der Waals surface area contributed by atoms with Gasteiger partial charge in [-0.25, -0.2) is 4.57 Å². The van der Waals surface area contributed by atoms with Crippen molar-refractivity contribution in [3.05, 3.63) is 48.8 Å². The Hall–Kier alpha value is -2.55. The van der Waals surface area contributed by atoms with E-state index in [0.717, 1.165) is 16.8 Å². The van der Waals surface area contributed by atoms with E-state index in [1.165, 1.54) is 21.5 Å². The zero-order valence-electron chi connectivity index (χ0n) is 11.5. The monoisotopic (exact) mass is 263 g/mol. The highest BCUT2D eigenvalue weighted by atomic mass is 16.5. The molecule has 4 aromatic rings. The molecule has 20 heavy (non-hydrogen) atoms. The third-order valence-corrected chi connectivity index (χ3v) is 3.84. The van der Waals surface area contributed by atoms with Gasteiger partial charge in [-0.2, -0.15) is 0 Å². The number of ether oxygens (including phenoxy) is 1. The molecule has 0 spiro atoms. The number of benzene rings is 2. The third kappa shape index (κ3) is 1.56. The van der Waals surface area contributed by atoms with Crippen LogP contribution in [0.1, 0.15) is 0 Å². The molecule has 0 amide bonds. The quantitative estimate of drug-likeness (QED) is 0.524. The molecule has 0 radical (unpaired) electrons. The summed E-state index contributed by atoms with van der Waals surface area (Å²) < 4.78 is 7.40. The van der Waals surface area contributed by atoms with Gasteiger partial charge < -0.3 is 9.72 Å². The van der Waals surface area contributed by atoms with Gasteiger partial charge in [-0.1, -0.05) is 0 Å². The Morgan fingerprint density at radius 1 is 0.950 bits per heavy atom. The third-order valence-electron chi connectivity index (χ3n) is 3.84. The predicted octanol–water partition coefficient (Wildman–Crippen LogP) is 3.31. The van der Waals surface area contributed by atoms with Crippen LogP contribution in [0.3, 0.4) is 0 Å². The van der Waals surface area contributed by atoms with Gasteiger partial charge in [0.15, 0.2) is 12.4 Å². The van der Waals surface area contributed by atoms with Crippen LogP contribution >= 0.6 is 0 Å². The van der Waals surface area contributed by atoms with E-state index in [-0.39, 0.29) is 0 Å².